The monoisotopic (exact) mass is 308 g/mol. The molecule has 0 unspecified atom stereocenters. The van der Waals surface area contributed by atoms with Crippen LogP contribution >= 0.6 is 11.8 Å². The van der Waals surface area contributed by atoms with E-state index in [9.17, 15) is 5.26 Å². The quantitative estimate of drug-likeness (QED) is 0.690. The number of aromatic nitrogens is 3. The van der Waals surface area contributed by atoms with Crippen molar-refractivity contribution in [2.24, 2.45) is 0 Å². The summed E-state index contributed by atoms with van der Waals surface area (Å²) >= 11 is 1.56. The van der Waals surface area contributed by atoms with Gasteiger partial charge in [-0.3, -0.25) is 0 Å². The Morgan fingerprint density at radius 3 is 2.82 bits per heavy atom. The molecule has 3 rings (SSSR count). The van der Waals surface area contributed by atoms with Gasteiger partial charge in [-0.15, -0.1) is 0 Å². The summed E-state index contributed by atoms with van der Waals surface area (Å²) in [6.45, 7) is 5.96. The van der Waals surface area contributed by atoms with Crippen molar-refractivity contribution in [3.8, 4) is 6.07 Å². The largest absolute Gasteiger partial charge is 0.307 e. The third-order valence-electron chi connectivity index (χ3n) is 3.45. The molecule has 0 amide bonds. The number of nitrogens with zero attached hydrogens (tertiary/aromatic N) is 4. The molecule has 4 nitrogen and oxygen atoms in total. The van der Waals surface area contributed by atoms with Gasteiger partial charge in [0.1, 0.15) is 16.7 Å². The van der Waals surface area contributed by atoms with E-state index in [2.05, 4.69) is 35.1 Å². The van der Waals surface area contributed by atoms with Crippen LogP contribution in [0.5, 0.6) is 0 Å². The molecule has 0 aliphatic rings. The normalized spacial score (nSPS) is 10.8. The fourth-order valence-corrected chi connectivity index (χ4v) is 3.37. The first-order valence-corrected chi connectivity index (χ1v) is 8.01. The molecule has 0 radical (unpaired) electrons. The van der Waals surface area contributed by atoms with Crippen LogP contribution in [-0.4, -0.2) is 14.4 Å². The van der Waals surface area contributed by atoms with E-state index in [0.29, 0.717) is 11.3 Å². The average Bonchev–Trinajstić information content (AvgIpc) is 2.86. The van der Waals surface area contributed by atoms with Crippen molar-refractivity contribution >= 4 is 17.4 Å². The zero-order valence-corrected chi connectivity index (χ0v) is 13.6. The number of rotatable bonds is 3. The highest BCUT2D eigenvalue weighted by Crippen LogP contribution is 2.26. The summed E-state index contributed by atoms with van der Waals surface area (Å²) in [7, 11) is 0. The lowest BCUT2D eigenvalue weighted by atomic mass is 10.1. The number of imidazole rings is 1. The van der Waals surface area contributed by atoms with E-state index >= 15 is 0 Å². The van der Waals surface area contributed by atoms with Gasteiger partial charge >= 0.3 is 0 Å². The van der Waals surface area contributed by atoms with E-state index in [4.69, 9.17) is 0 Å². The lowest BCUT2D eigenvalue weighted by molar-refractivity contribution is 1.03. The highest BCUT2D eigenvalue weighted by atomic mass is 32.2. The molecule has 3 aromatic rings. The second kappa shape index (κ2) is 5.82. The second-order valence-corrected chi connectivity index (χ2v) is 6.33. The Hall–Kier alpha value is -2.32. The van der Waals surface area contributed by atoms with Gasteiger partial charge in [0.25, 0.3) is 0 Å². The van der Waals surface area contributed by atoms with Crippen molar-refractivity contribution in [3.63, 3.8) is 0 Å². The van der Waals surface area contributed by atoms with Crippen LogP contribution in [0.4, 0.5) is 0 Å². The number of aryl methyl sites for hydroxylation is 3. The maximum atomic E-state index is 9.31. The van der Waals surface area contributed by atoms with E-state index in [-0.39, 0.29) is 0 Å². The smallest absolute Gasteiger partial charge is 0.137 e. The maximum absolute atomic E-state index is 9.31. The van der Waals surface area contributed by atoms with Crippen LogP contribution in [-0.2, 0) is 5.75 Å². The molecule has 0 aliphatic heterocycles. The SMILES string of the molecule is Cc1ccn2cc(CSc3nc(C)cc(C)c3C#N)nc2c1. The summed E-state index contributed by atoms with van der Waals surface area (Å²) < 4.78 is 2.02. The summed E-state index contributed by atoms with van der Waals surface area (Å²) in [5.74, 6) is 0.700. The van der Waals surface area contributed by atoms with Gasteiger partial charge in [-0.2, -0.15) is 5.26 Å². The van der Waals surface area contributed by atoms with Crippen LogP contribution in [0, 0.1) is 32.1 Å². The van der Waals surface area contributed by atoms with Gasteiger partial charge in [0.2, 0.25) is 0 Å². The fourth-order valence-electron chi connectivity index (χ4n) is 2.39. The molecule has 0 saturated heterocycles. The molecule has 110 valence electrons. The van der Waals surface area contributed by atoms with E-state index in [1.54, 1.807) is 11.8 Å². The summed E-state index contributed by atoms with van der Waals surface area (Å²) in [5.41, 5.74) is 5.70. The van der Waals surface area contributed by atoms with E-state index < -0.39 is 0 Å². The number of pyridine rings is 2. The summed E-state index contributed by atoms with van der Waals surface area (Å²) in [5, 5.41) is 10.1. The standard InChI is InChI=1S/C17H16N4S/c1-11-4-5-21-9-14(20-16(21)6-11)10-22-17-15(8-18)12(2)7-13(3)19-17/h4-7,9H,10H2,1-3H3. The Bertz CT molecular complexity index is 890. The predicted octanol–water partition coefficient (Wildman–Crippen LogP) is 3.82. The minimum atomic E-state index is 0.662. The first-order valence-electron chi connectivity index (χ1n) is 7.02. The third kappa shape index (κ3) is 2.83. The number of fused-ring (bicyclic) bond motifs is 1. The third-order valence-corrected chi connectivity index (χ3v) is 4.45. The van der Waals surface area contributed by atoms with E-state index in [1.807, 2.05) is 36.7 Å². The highest BCUT2D eigenvalue weighted by molar-refractivity contribution is 7.98. The molecule has 3 heterocycles. The summed E-state index contributed by atoms with van der Waals surface area (Å²) in [6.07, 6.45) is 4.04. The zero-order valence-electron chi connectivity index (χ0n) is 12.8. The number of hydrogen-bond donors (Lipinski definition) is 0. The summed E-state index contributed by atoms with van der Waals surface area (Å²) in [4.78, 5) is 9.11. The molecule has 0 atom stereocenters. The van der Waals surface area contributed by atoms with Gasteiger partial charge in [-0.25, -0.2) is 9.97 Å². The van der Waals surface area contributed by atoms with Crippen molar-refractivity contribution < 1.29 is 0 Å². The van der Waals surface area contributed by atoms with Gasteiger partial charge in [-0.05, 0) is 50.1 Å². The Kier molecular flexibility index (Phi) is 3.86. The zero-order chi connectivity index (χ0) is 15.7. The van der Waals surface area contributed by atoms with Crippen LogP contribution in [0.15, 0.2) is 35.6 Å². The molecule has 0 N–H and O–H groups in total. The van der Waals surface area contributed by atoms with Gasteiger partial charge in [0.15, 0.2) is 0 Å². The summed E-state index contributed by atoms with van der Waals surface area (Å²) in [6, 6.07) is 8.31. The Morgan fingerprint density at radius 1 is 1.23 bits per heavy atom. The fraction of sp³-hybridized carbons (Fsp3) is 0.235. The van der Waals surface area contributed by atoms with Crippen LogP contribution in [0.3, 0.4) is 0 Å². The van der Waals surface area contributed by atoms with Gasteiger partial charge in [0.05, 0.1) is 11.3 Å². The lowest BCUT2D eigenvalue weighted by Gasteiger charge is -2.06. The molecule has 0 bridgehead atoms. The first-order chi connectivity index (χ1) is 10.6. The minimum Gasteiger partial charge on any atom is -0.307 e. The van der Waals surface area contributed by atoms with Crippen LogP contribution < -0.4 is 0 Å². The molecule has 0 fully saturated rings. The predicted molar refractivity (Wildman–Crippen MR) is 87.9 cm³/mol. The maximum Gasteiger partial charge on any atom is 0.137 e. The van der Waals surface area contributed by atoms with Crippen molar-refractivity contribution in [1.29, 1.82) is 5.26 Å². The van der Waals surface area contributed by atoms with Crippen LogP contribution in [0.1, 0.15) is 28.1 Å². The number of hydrogen-bond acceptors (Lipinski definition) is 4. The molecule has 3 aromatic heterocycles. The first kappa shape index (κ1) is 14.6. The average molecular weight is 308 g/mol. The Morgan fingerprint density at radius 2 is 2.05 bits per heavy atom. The van der Waals surface area contributed by atoms with E-state index in [0.717, 1.165) is 27.6 Å². The van der Waals surface area contributed by atoms with Crippen molar-refractivity contribution in [2.45, 2.75) is 31.6 Å². The molecular formula is C17H16N4S. The number of nitriles is 1. The lowest BCUT2D eigenvalue weighted by Crippen LogP contribution is -1.94. The molecule has 0 aliphatic carbocycles. The second-order valence-electron chi connectivity index (χ2n) is 5.36. The Labute approximate surface area is 133 Å². The van der Waals surface area contributed by atoms with Crippen molar-refractivity contribution in [3.05, 3.63) is 58.7 Å². The topological polar surface area (TPSA) is 54.0 Å². The molecular weight excluding hydrogens is 292 g/mol. The van der Waals surface area contributed by atoms with Crippen molar-refractivity contribution in [1.82, 2.24) is 14.4 Å². The molecule has 22 heavy (non-hydrogen) atoms. The molecule has 0 spiro atoms. The highest BCUT2D eigenvalue weighted by Gasteiger charge is 2.10. The molecule has 0 saturated carbocycles. The van der Waals surface area contributed by atoms with Gasteiger partial charge in [0, 0.05) is 23.8 Å². The molecule has 5 heteroatoms. The van der Waals surface area contributed by atoms with Crippen LogP contribution in [0.2, 0.25) is 0 Å². The Balaban J connectivity index is 1.86. The van der Waals surface area contributed by atoms with Gasteiger partial charge < -0.3 is 4.40 Å². The van der Waals surface area contributed by atoms with E-state index in [1.165, 1.54) is 5.56 Å². The minimum absolute atomic E-state index is 0.662. The van der Waals surface area contributed by atoms with Crippen molar-refractivity contribution in [2.75, 3.05) is 0 Å². The van der Waals surface area contributed by atoms with Gasteiger partial charge in [-0.1, -0.05) is 11.8 Å². The van der Waals surface area contributed by atoms with Crippen LogP contribution in [0.25, 0.3) is 5.65 Å². The molecule has 0 aromatic carbocycles. The number of thioether (sulfide) groups is 1.